The van der Waals surface area contributed by atoms with Crippen LogP contribution < -0.4 is 10.6 Å². The lowest BCUT2D eigenvalue weighted by atomic mass is 10.1. The summed E-state index contributed by atoms with van der Waals surface area (Å²) in [6, 6.07) is 16.9. The molecule has 2 aromatic carbocycles. The summed E-state index contributed by atoms with van der Waals surface area (Å²) in [7, 11) is 0. The van der Waals surface area contributed by atoms with E-state index in [0.717, 1.165) is 12.2 Å². The number of nitrogen functional groups attached to an aromatic ring is 1. The monoisotopic (exact) mass is 272 g/mol. The second kappa shape index (κ2) is 5.14. The van der Waals surface area contributed by atoms with Crippen LogP contribution in [0.2, 0.25) is 5.02 Å². The molecule has 0 amide bonds. The fourth-order valence-corrected chi connectivity index (χ4v) is 2.52. The highest BCUT2D eigenvalue weighted by Crippen LogP contribution is 2.38. The first-order valence-corrected chi connectivity index (χ1v) is 6.98. The van der Waals surface area contributed by atoms with Crippen LogP contribution in [0.15, 0.2) is 48.5 Å². The largest absolute Gasteiger partial charge is 0.396 e. The van der Waals surface area contributed by atoms with E-state index in [1.807, 2.05) is 18.2 Å². The first-order chi connectivity index (χ1) is 9.25. The topological polar surface area (TPSA) is 29.3 Å². The highest BCUT2D eigenvalue weighted by atomic mass is 35.5. The highest BCUT2D eigenvalue weighted by molar-refractivity contribution is 6.33. The fraction of sp³-hybridized carbons (Fsp3) is 0.250. The van der Waals surface area contributed by atoms with Gasteiger partial charge in [-0.3, -0.25) is 0 Å². The maximum atomic E-state index is 6.13. The van der Waals surface area contributed by atoms with Gasteiger partial charge in [0.25, 0.3) is 0 Å². The molecule has 0 unspecified atom stereocenters. The van der Waals surface area contributed by atoms with Crippen LogP contribution in [-0.4, -0.2) is 6.04 Å². The molecule has 0 heterocycles. The van der Waals surface area contributed by atoms with E-state index < -0.39 is 0 Å². The summed E-state index contributed by atoms with van der Waals surface area (Å²) < 4.78 is 0. The molecule has 2 N–H and O–H groups in total. The molecule has 1 aliphatic rings. The average molecular weight is 273 g/mol. The van der Waals surface area contributed by atoms with Gasteiger partial charge < -0.3 is 10.6 Å². The van der Waals surface area contributed by atoms with Gasteiger partial charge in [0.2, 0.25) is 0 Å². The van der Waals surface area contributed by atoms with Gasteiger partial charge in [0, 0.05) is 12.6 Å². The Balaban J connectivity index is 1.91. The predicted molar refractivity (Wildman–Crippen MR) is 81.5 cm³/mol. The summed E-state index contributed by atoms with van der Waals surface area (Å²) in [5.41, 5.74) is 9.17. The van der Waals surface area contributed by atoms with Crippen molar-refractivity contribution in [1.29, 1.82) is 0 Å². The molecule has 0 saturated heterocycles. The normalized spacial score (nSPS) is 14.4. The Bertz CT molecular complexity index is 564. The summed E-state index contributed by atoms with van der Waals surface area (Å²) in [6.07, 6.45) is 2.47. The van der Waals surface area contributed by atoms with E-state index in [0.29, 0.717) is 16.8 Å². The molecular formula is C16H17ClN2. The van der Waals surface area contributed by atoms with Crippen molar-refractivity contribution in [3.63, 3.8) is 0 Å². The van der Waals surface area contributed by atoms with E-state index in [-0.39, 0.29) is 0 Å². The number of nitrogens with zero attached hydrogens (tertiary/aromatic N) is 1. The van der Waals surface area contributed by atoms with Crippen LogP contribution in [0.25, 0.3) is 0 Å². The number of hydrogen-bond donors (Lipinski definition) is 1. The predicted octanol–water partition coefficient (Wildman–Crippen LogP) is 4.09. The highest BCUT2D eigenvalue weighted by Gasteiger charge is 2.30. The summed E-state index contributed by atoms with van der Waals surface area (Å²) in [5.74, 6) is 0. The Morgan fingerprint density at radius 3 is 2.47 bits per heavy atom. The second-order valence-corrected chi connectivity index (χ2v) is 5.42. The minimum atomic E-state index is 0.598. The molecule has 19 heavy (non-hydrogen) atoms. The molecule has 1 saturated carbocycles. The van der Waals surface area contributed by atoms with Crippen LogP contribution >= 0.6 is 11.6 Å². The van der Waals surface area contributed by atoms with Crippen LogP contribution in [0, 0.1) is 0 Å². The van der Waals surface area contributed by atoms with Gasteiger partial charge in [0.05, 0.1) is 16.4 Å². The van der Waals surface area contributed by atoms with Gasteiger partial charge in [-0.05, 0) is 30.5 Å². The standard InChI is InChI=1S/C16H17ClN2/c17-14-7-4-8-15(16(14)18)19(13-9-10-13)11-12-5-2-1-3-6-12/h1-8,13H,9-11,18H2. The quantitative estimate of drug-likeness (QED) is 0.850. The zero-order chi connectivity index (χ0) is 13.2. The van der Waals surface area contributed by atoms with Crippen LogP contribution in [0.1, 0.15) is 18.4 Å². The third-order valence-electron chi connectivity index (χ3n) is 3.52. The van der Waals surface area contributed by atoms with Gasteiger partial charge in [0.15, 0.2) is 0 Å². The van der Waals surface area contributed by atoms with Gasteiger partial charge in [0.1, 0.15) is 0 Å². The molecule has 1 fully saturated rings. The van der Waals surface area contributed by atoms with Crippen LogP contribution in [-0.2, 0) is 6.54 Å². The number of hydrogen-bond acceptors (Lipinski definition) is 2. The first-order valence-electron chi connectivity index (χ1n) is 6.60. The van der Waals surface area contributed by atoms with E-state index in [4.69, 9.17) is 17.3 Å². The minimum absolute atomic E-state index is 0.598. The summed E-state index contributed by atoms with van der Waals surface area (Å²) in [6.45, 7) is 0.885. The molecule has 0 radical (unpaired) electrons. The number of halogens is 1. The van der Waals surface area contributed by atoms with Crippen LogP contribution in [0.3, 0.4) is 0 Å². The molecule has 1 aliphatic carbocycles. The molecule has 3 heteroatoms. The zero-order valence-electron chi connectivity index (χ0n) is 10.7. The Labute approximate surface area is 118 Å². The molecule has 3 rings (SSSR count). The third kappa shape index (κ3) is 2.69. The lowest BCUT2D eigenvalue weighted by Crippen LogP contribution is -2.25. The summed E-state index contributed by atoms with van der Waals surface area (Å²) >= 11 is 6.13. The van der Waals surface area contributed by atoms with Crippen molar-refractivity contribution in [1.82, 2.24) is 0 Å². The van der Waals surface area contributed by atoms with Crippen molar-refractivity contribution in [2.24, 2.45) is 0 Å². The van der Waals surface area contributed by atoms with E-state index in [1.54, 1.807) is 0 Å². The van der Waals surface area contributed by atoms with Crippen molar-refractivity contribution < 1.29 is 0 Å². The lowest BCUT2D eigenvalue weighted by Gasteiger charge is -2.26. The second-order valence-electron chi connectivity index (χ2n) is 5.02. The number of para-hydroxylation sites is 1. The minimum Gasteiger partial charge on any atom is -0.396 e. The van der Waals surface area contributed by atoms with Crippen LogP contribution in [0.5, 0.6) is 0 Å². The summed E-state index contributed by atoms with van der Waals surface area (Å²) in [4.78, 5) is 2.37. The van der Waals surface area contributed by atoms with E-state index in [2.05, 4.69) is 35.2 Å². The van der Waals surface area contributed by atoms with Crippen molar-refractivity contribution >= 4 is 23.0 Å². The van der Waals surface area contributed by atoms with Gasteiger partial charge in [-0.2, -0.15) is 0 Å². The number of anilines is 2. The van der Waals surface area contributed by atoms with Crippen LogP contribution in [0.4, 0.5) is 11.4 Å². The lowest BCUT2D eigenvalue weighted by molar-refractivity contribution is 0.796. The molecule has 2 nitrogen and oxygen atoms in total. The maximum Gasteiger partial charge on any atom is 0.0741 e. The Morgan fingerprint density at radius 1 is 1.05 bits per heavy atom. The van der Waals surface area contributed by atoms with Crippen molar-refractivity contribution in [2.75, 3.05) is 10.6 Å². The Hall–Kier alpha value is -1.67. The number of rotatable bonds is 4. The maximum absolute atomic E-state index is 6.13. The average Bonchev–Trinajstić information content (AvgIpc) is 3.25. The van der Waals surface area contributed by atoms with Gasteiger partial charge in [-0.15, -0.1) is 0 Å². The molecule has 0 atom stereocenters. The molecule has 0 aliphatic heterocycles. The molecule has 0 bridgehead atoms. The smallest absolute Gasteiger partial charge is 0.0741 e. The van der Waals surface area contributed by atoms with Crippen molar-refractivity contribution in [2.45, 2.75) is 25.4 Å². The number of nitrogens with two attached hydrogens (primary N) is 1. The van der Waals surface area contributed by atoms with E-state index in [1.165, 1.54) is 18.4 Å². The fourth-order valence-electron chi connectivity index (χ4n) is 2.35. The van der Waals surface area contributed by atoms with Gasteiger partial charge in [-0.25, -0.2) is 0 Å². The van der Waals surface area contributed by atoms with Gasteiger partial charge in [-0.1, -0.05) is 48.0 Å². The first kappa shape index (κ1) is 12.4. The molecule has 0 aromatic heterocycles. The van der Waals surface area contributed by atoms with E-state index in [9.17, 15) is 0 Å². The van der Waals surface area contributed by atoms with Crippen molar-refractivity contribution in [3.8, 4) is 0 Å². The summed E-state index contributed by atoms with van der Waals surface area (Å²) in [5, 5.41) is 0.635. The SMILES string of the molecule is Nc1c(Cl)cccc1N(Cc1ccccc1)C1CC1. The van der Waals surface area contributed by atoms with Gasteiger partial charge >= 0.3 is 0 Å². The molecule has 2 aromatic rings. The third-order valence-corrected chi connectivity index (χ3v) is 3.85. The van der Waals surface area contributed by atoms with Crippen molar-refractivity contribution in [3.05, 3.63) is 59.1 Å². The zero-order valence-corrected chi connectivity index (χ0v) is 11.5. The number of benzene rings is 2. The molecule has 98 valence electrons. The molecule has 0 spiro atoms. The Kier molecular flexibility index (Phi) is 3.34. The van der Waals surface area contributed by atoms with E-state index >= 15 is 0 Å². The molecular weight excluding hydrogens is 256 g/mol. The Morgan fingerprint density at radius 2 is 1.79 bits per heavy atom.